The summed E-state index contributed by atoms with van der Waals surface area (Å²) in [6.07, 6.45) is 0. The van der Waals surface area contributed by atoms with E-state index >= 15 is 0 Å². The van der Waals surface area contributed by atoms with Gasteiger partial charge in [0.15, 0.2) is 0 Å². The number of carbonyl (C=O) groups is 1. The summed E-state index contributed by atoms with van der Waals surface area (Å²) in [6.45, 7) is 0. The Hall–Kier alpha value is -0.250. The first kappa shape index (κ1) is 11.8. The Morgan fingerprint density at radius 3 is 2.57 bits per heavy atom. The lowest BCUT2D eigenvalue weighted by molar-refractivity contribution is -0.139. The first-order valence-electron chi connectivity index (χ1n) is 3.73. The molecule has 0 unspecified atom stereocenters. The highest BCUT2D eigenvalue weighted by atomic mass is 79.9. The Morgan fingerprint density at radius 2 is 2.07 bits per heavy atom. The standard InChI is InChI=1S/C9H7BrCl2O2/c1-14-9(13)8(10)5-2-3-6(11)7(12)4-5/h2-4,8H,1H3/t8-/m1/s1. The van der Waals surface area contributed by atoms with E-state index in [4.69, 9.17) is 23.2 Å². The lowest BCUT2D eigenvalue weighted by atomic mass is 10.1. The molecule has 0 aliphatic heterocycles. The number of esters is 1. The number of benzene rings is 1. The van der Waals surface area contributed by atoms with E-state index in [1.54, 1.807) is 18.2 Å². The van der Waals surface area contributed by atoms with E-state index in [0.29, 0.717) is 15.6 Å². The monoisotopic (exact) mass is 296 g/mol. The average molecular weight is 298 g/mol. The molecule has 14 heavy (non-hydrogen) atoms. The summed E-state index contributed by atoms with van der Waals surface area (Å²) in [4.78, 5) is 10.7. The number of ether oxygens (including phenoxy) is 1. The Balaban J connectivity index is 2.96. The van der Waals surface area contributed by atoms with Crippen LogP contribution in [0.4, 0.5) is 0 Å². The van der Waals surface area contributed by atoms with Crippen molar-refractivity contribution in [3.05, 3.63) is 33.8 Å². The lowest BCUT2D eigenvalue weighted by Crippen LogP contribution is -2.07. The number of hydrogen-bond acceptors (Lipinski definition) is 2. The first-order valence-corrected chi connectivity index (χ1v) is 5.40. The first-order chi connectivity index (χ1) is 6.56. The maximum Gasteiger partial charge on any atom is 0.323 e. The molecular weight excluding hydrogens is 291 g/mol. The topological polar surface area (TPSA) is 26.3 Å². The van der Waals surface area contributed by atoms with E-state index in [2.05, 4.69) is 20.7 Å². The van der Waals surface area contributed by atoms with Crippen molar-refractivity contribution in [2.75, 3.05) is 7.11 Å². The smallest absolute Gasteiger partial charge is 0.323 e. The maximum atomic E-state index is 11.2. The molecule has 0 saturated carbocycles. The Morgan fingerprint density at radius 1 is 1.43 bits per heavy atom. The average Bonchev–Trinajstić information content (AvgIpc) is 2.20. The van der Waals surface area contributed by atoms with Gasteiger partial charge in [0.1, 0.15) is 4.83 Å². The van der Waals surface area contributed by atoms with Crippen molar-refractivity contribution in [3.8, 4) is 0 Å². The molecule has 76 valence electrons. The van der Waals surface area contributed by atoms with Gasteiger partial charge in [-0.2, -0.15) is 0 Å². The molecule has 5 heteroatoms. The number of alkyl halides is 1. The predicted octanol–water partition coefficient (Wildman–Crippen LogP) is 3.60. The van der Waals surface area contributed by atoms with Crippen LogP contribution < -0.4 is 0 Å². The van der Waals surface area contributed by atoms with Crippen molar-refractivity contribution in [3.63, 3.8) is 0 Å². The highest BCUT2D eigenvalue weighted by Gasteiger charge is 2.18. The fourth-order valence-electron chi connectivity index (χ4n) is 0.910. The number of methoxy groups -OCH3 is 1. The van der Waals surface area contributed by atoms with Crippen LogP contribution in [0, 0.1) is 0 Å². The summed E-state index contributed by atoms with van der Waals surface area (Å²) in [5, 5.41) is 0.873. The van der Waals surface area contributed by atoms with Crippen LogP contribution in [0.1, 0.15) is 10.4 Å². The van der Waals surface area contributed by atoms with Crippen LogP contribution in [-0.4, -0.2) is 13.1 Å². The molecule has 1 aromatic carbocycles. The molecule has 0 radical (unpaired) electrons. The van der Waals surface area contributed by atoms with Crippen LogP contribution in [-0.2, 0) is 9.53 Å². The van der Waals surface area contributed by atoms with Crippen LogP contribution in [0.3, 0.4) is 0 Å². The van der Waals surface area contributed by atoms with Crippen LogP contribution in [0.5, 0.6) is 0 Å². The molecule has 0 bridgehead atoms. The summed E-state index contributed by atoms with van der Waals surface area (Å²) in [5.41, 5.74) is 0.714. The van der Waals surface area contributed by atoms with Crippen molar-refractivity contribution in [1.29, 1.82) is 0 Å². The fraction of sp³-hybridized carbons (Fsp3) is 0.222. The second kappa shape index (κ2) is 5.01. The van der Waals surface area contributed by atoms with Gasteiger partial charge in [-0.15, -0.1) is 0 Å². The summed E-state index contributed by atoms with van der Waals surface area (Å²) in [6, 6.07) is 4.97. The quantitative estimate of drug-likeness (QED) is 0.616. The molecular formula is C9H7BrCl2O2. The third-order valence-electron chi connectivity index (χ3n) is 1.64. The molecule has 0 aliphatic carbocycles. The molecule has 0 heterocycles. The van der Waals surface area contributed by atoms with Crippen LogP contribution in [0.15, 0.2) is 18.2 Å². The molecule has 0 aliphatic rings. The Kier molecular flexibility index (Phi) is 4.23. The molecule has 0 spiro atoms. The van der Waals surface area contributed by atoms with Crippen molar-refractivity contribution in [2.24, 2.45) is 0 Å². The highest BCUT2D eigenvalue weighted by Crippen LogP contribution is 2.30. The van der Waals surface area contributed by atoms with Gasteiger partial charge in [0.25, 0.3) is 0 Å². The number of halogens is 3. The van der Waals surface area contributed by atoms with E-state index in [-0.39, 0.29) is 5.97 Å². The Labute approximate surface area is 100 Å². The molecule has 0 aromatic heterocycles. The predicted molar refractivity (Wildman–Crippen MR) is 60.1 cm³/mol. The van der Waals surface area contributed by atoms with E-state index in [0.717, 1.165) is 0 Å². The van der Waals surface area contributed by atoms with E-state index in [1.165, 1.54) is 7.11 Å². The van der Waals surface area contributed by atoms with E-state index in [1.807, 2.05) is 0 Å². The van der Waals surface area contributed by atoms with Gasteiger partial charge in [-0.05, 0) is 17.7 Å². The summed E-state index contributed by atoms with van der Waals surface area (Å²) < 4.78 is 4.57. The van der Waals surface area contributed by atoms with Crippen LogP contribution in [0.2, 0.25) is 10.0 Å². The van der Waals surface area contributed by atoms with E-state index in [9.17, 15) is 4.79 Å². The zero-order chi connectivity index (χ0) is 10.7. The van der Waals surface area contributed by atoms with Gasteiger partial charge in [0, 0.05) is 0 Å². The molecule has 0 saturated heterocycles. The normalized spacial score (nSPS) is 12.3. The van der Waals surface area contributed by atoms with Gasteiger partial charge in [-0.3, -0.25) is 4.79 Å². The zero-order valence-electron chi connectivity index (χ0n) is 7.26. The summed E-state index contributed by atoms with van der Waals surface area (Å²) in [5.74, 6) is -0.372. The third kappa shape index (κ3) is 2.62. The van der Waals surface area contributed by atoms with Crippen molar-refractivity contribution in [2.45, 2.75) is 4.83 Å². The number of rotatable bonds is 2. The molecule has 2 nitrogen and oxygen atoms in total. The second-order valence-corrected chi connectivity index (χ2v) is 4.29. The molecule has 0 fully saturated rings. The SMILES string of the molecule is COC(=O)[C@H](Br)c1ccc(Cl)c(Cl)c1. The maximum absolute atomic E-state index is 11.2. The van der Waals surface area contributed by atoms with Gasteiger partial charge in [-0.25, -0.2) is 0 Å². The highest BCUT2D eigenvalue weighted by molar-refractivity contribution is 9.09. The Bertz CT molecular complexity index is 355. The summed E-state index contributed by atoms with van der Waals surface area (Å²) >= 11 is 14.7. The van der Waals surface area contributed by atoms with Crippen LogP contribution in [0.25, 0.3) is 0 Å². The molecule has 1 atom stereocenters. The van der Waals surface area contributed by atoms with Gasteiger partial charge in [0.05, 0.1) is 17.2 Å². The molecule has 0 N–H and O–H groups in total. The summed E-state index contributed by atoms with van der Waals surface area (Å²) in [7, 11) is 1.33. The number of carbonyl (C=O) groups excluding carboxylic acids is 1. The molecule has 1 aromatic rings. The second-order valence-electron chi connectivity index (χ2n) is 2.56. The van der Waals surface area contributed by atoms with Crippen LogP contribution >= 0.6 is 39.1 Å². The molecule has 1 rings (SSSR count). The van der Waals surface area contributed by atoms with E-state index < -0.39 is 4.83 Å². The largest absolute Gasteiger partial charge is 0.468 e. The van der Waals surface area contributed by atoms with Crippen molar-refractivity contribution >= 4 is 45.1 Å². The van der Waals surface area contributed by atoms with Gasteiger partial charge >= 0.3 is 5.97 Å². The zero-order valence-corrected chi connectivity index (χ0v) is 10.4. The van der Waals surface area contributed by atoms with Gasteiger partial charge in [0.2, 0.25) is 0 Å². The van der Waals surface area contributed by atoms with Crippen molar-refractivity contribution in [1.82, 2.24) is 0 Å². The van der Waals surface area contributed by atoms with Crippen molar-refractivity contribution < 1.29 is 9.53 Å². The minimum absolute atomic E-state index is 0.372. The van der Waals surface area contributed by atoms with Gasteiger partial charge < -0.3 is 4.74 Å². The fourth-order valence-corrected chi connectivity index (χ4v) is 1.69. The minimum atomic E-state index is -0.512. The number of hydrogen-bond donors (Lipinski definition) is 0. The lowest BCUT2D eigenvalue weighted by Gasteiger charge is -2.08. The minimum Gasteiger partial charge on any atom is -0.468 e. The third-order valence-corrected chi connectivity index (χ3v) is 3.29. The molecule has 0 amide bonds. The van der Waals surface area contributed by atoms with Gasteiger partial charge in [-0.1, -0.05) is 45.2 Å².